The van der Waals surface area contributed by atoms with Crippen LogP contribution in [0.3, 0.4) is 0 Å². The zero-order valence-corrected chi connectivity index (χ0v) is 24.2. The molecule has 0 aromatic carbocycles. The smallest absolute Gasteiger partial charge is 0.186 e. The Hall–Kier alpha value is -0.560. The number of hydrogen-bond donors (Lipinski definition) is 8. The molecule has 2 heterocycles. The molecule has 244 valence electrons. The minimum atomic E-state index is -1.62. The molecule has 2 rings (SSSR count). The van der Waals surface area contributed by atoms with Crippen molar-refractivity contribution in [2.24, 2.45) is 5.41 Å². The number of aliphatic hydroxyl groups is 8. The third-order valence-electron chi connectivity index (χ3n) is 7.41. The zero-order chi connectivity index (χ0) is 30.4. The molecule has 0 bridgehead atoms. The van der Waals surface area contributed by atoms with Gasteiger partial charge in [0.05, 0.1) is 45.1 Å². The molecule has 10 unspecified atom stereocenters. The molecule has 0 aromatic rings. The van der Waals surface area contributed by atoms with Crippen LogP contribution < -0.4 is 0 Å². The summed E-state index contributed by atoms with van der Waals surface area (Å²) in [7, 11) is 0. The second kappa shape index (κ2) is 19.0. The summed E-state index contributed by atoms with van der Waals surface area (Å²) in [6.07, 6.45) is -9.16. The number of hydrogen-bond acceptors (Lipinski definition) is 14. The van der Waals surface area contributed by atoms with Crippen LogP contribution in [0.2, 0.25) is 0 Å². The summed E-state index contributed by atoms with van der Waals surface area (Å²) in [5.41, 5.74) is -1.07. The standard InChI is InChI=1S/C27H52O14/c1-3-5-7-9-36-13-27(14-37-10-8-6-4-2,15-38-25-23(34)21(32)19(30)17(11-28)40-25)16-39-26-24(35)22(33)20(31)18(12-29)41-26/h17-26,28-35H,3-16H2,1-2H3. The first kappa shape index (κ1) is 36.6. The van der Waals surface area contributed by atoms with Crippen LogP contribution in [-0.2, 0) is 28.4 Å². The van der Waals surface area contributed by atoms with E-state index in [-0.39, 0.29) is 26.4 Å². The van der Waals surface area contributed by atoms with E-state index in [1.54, 1.807) is 0 Å². The Bertz CT molecular complexity index is 626. The highest BCUT2D eigenvalue weighted by atomic mass is 16.7. The zero-order valence-electron chi connectivity index (χ0n) is 24.2. The maximum absolute atomic E-state index is 10.5. The largest absolute Gasteiger partial charge is 0.394 e. The number of rotatable bonds is 20. The third kappa shape index (κ3) is 10.8. The molecule has 0 spiro atoms. The second-order valence-corrected chi connectivity index (χ2v) is 11.0. The number of ether oxygens (including phenoxy) is 6. The van der Waals surface area contributed by atoms with E-state index in [1.165, 1.54) is 0 Å². The van der Waals surface area contributed by atoms with Crippen LogP contribution in [0.25, 0.3) is 0 Å². The molecule has 0 aliphatic carbocycles. The average molecular weight is 601 g/mol. The van der Waals surface area contributed by atoms with Crippen molar-refractivity contribution in [2.75, 3.05) is 52.9 Å². The lowest BCUT2D eigenvalue weighted by molar-refractivity contribution is -0.322. The molecule has 0 saturated carbocycles. The molecule has 14 heteroatoms. The summed E-state index contributed by atoms with van der Waals surface area (Å²) in [6.45, 7) is 3.49. The van der Waals surface area contributed by atoms with Gasteiger partial charge >= 0.3 is 0 Å². The van der Waals surface area contributed by atoms with E-state index in [0.29, 0.717) is 13.2 Å². The van der Waals surface area contributed by atoms with Crippen molar-refractivity contribution >= 4 is 0 Å². The van der Waals surface area contributed by atoms with Crippen molar-refractivity contribution < 1.29 is 69.3 Å². The highest BCUT2D eigenvalue weighted by Gasteiger charge is 2.47. The van der Waals surface area contributed by atoms with Crippen LogP contribution in [0.5, 0.6) is 0 Å². The lowest BCUT2D eigenvalue weighted by atomic mass is 9.91. The summed E-state index contributed by atoms with van der Waals surface area (Å²) in [6, 6.07) is 0. The van der Waals surface area contributed by atoms with Crippen LogP contribution in [0, 0.1) is 5.41 Å². The third-order valence-corrected chi connectivity index (χ3v) is 7.41. The fourth-order valence-corrected chi connectivity index (χ4v) is 4.66. The van der Waals surface area contributed by atoms with E-state index in [1.807, 2.05) is 0 Å². The van der Waals surface area contributed by atoms with Crippen LogP contribution in [-0.4, -0.2) is 155 Å². The summed E-state index contributed by atoms with van der Waals surface area (Å²) in [4.78, 5) is 0. The fourth-order valence-electron chi connectivity index (χ4n) is 4.66. The van der Waals surface area contributed by atoms with Gasteiger partial charge in [0, 0.05) is 13.2 Å². The molecule has 2 saturated heterocycles. The van der Waals surface area contributed by atoms with Gasteiger partial charge in [0.1, 0.15) is 48.8 Å². The van der Waals surface area contributed by atoms with Gasteiger partial charge in [-0.2, -0.15) is 0 Å². The van der Waals surface area contributed by atoms with Gasteiger partial charge in [-0.05, 0) is 12.8 Å². The lowest BCUT2D eigenvalue weighted by Gasteiger charge is -2.43. The van der Waals surface area contributed by atoms with Gasteiger partial charge in [-0.15, -0.1) is 0 Å². The van der Waals surface area contributed by atoms with Crippen LogP contribution >= 0.6 is 0 Å². The fraction of sp³-hybridized carbons (Fsp3) is 1.00. The predicted octanol–water partition coefficient (Wildman–Crippen LogP) is -1.98. The first-order valence-electron chi connectivity index (χ1n) is 14.6. The number of unbranched alkanes of at least 4 members (excludes halogenated alkanes) is 4. The lowest BCUT2D eigenvalue weighted by Crippen LogP contribution is -2.60. The van der Waals surface area contributed by atoms with E-state index in [2.05, 4.69) is 13.8 Å². The molecule has 8 N–H and O–H groups in total. The van der Waals surface area contributed by atoms with Crippen molar-refractivity contribution in [3.05, 3.63) is 0 Å². The van der Waals surface area contributed by atoms with Crippen LogP contribution in [0.1, 0.15) is 52.4 Å². The van der Waals surface area contributed by atoms with E-state index in [0.717, 1.165) is 38.5 Å². The van der Waals surface area contributed by atoms with Gasteiger partial charge in [-0.1, -0.05) is 39.5 Å². The quantitative estimate of drug-likeness (QED) is 0.0711. The van der Waals surface area contributed by atoms with Crippen molar-refractivity contribution in [3.63, 3.8) is 0 Å². The van der Waals surface area contributed by atoms with Crippen molar-refractivity contribution in [1.82, 2.24) is 0 Å². The predicted molar refractivity (Wildman–Crippen MR) is 143 cm³/mol. The van der Waals surface area contributed by atoms with E-state index >= 15 is 0 Å². The SMILES string of the molecule is CCCCCOCC(COCCCCC)(COC1OC(CO)C(O)C(O)C1O)COC1OC(CO)C(O)C(O)C1O. The van der Waals surface area contributed by atoms with Gasteiger partial charge in [-0.25, -0.2) is 0 Å². The minimum Gasteiger partial charge on any atom is -0.394 e. The Morgan fingerprint density at radius 3 is 1.27 bits per heavy atom. The van der Waals surface area contributed by atoms with E-state index in [9.17, 15) is 40.9 Å². The molecule has 0 aromatic heterocycles. The maximum Gasteiger partial charge on any atom is 0.186 e. The van der Waals surface area contributed by atoms with Crippen molar-refractivity contribution in [1.29, 1.82) is 0 Å². The second-order valence-electron chi connectivity index (χ2n) is 11.0. The van der Waals surface area contributed by atoms with Gasteiger partial charge in [0.2, 0.25) is 0 Å². The Labute approximate surface area is 241 Å². The molecule has 14 nitrogen and oxygen atoms in total. The molecule has 0 radical (unpaired) electrons. The topological polar surface area (TPSA) is 217 Å². The molecule has 0 amide bonds. The Morgan fingerprint density at radius 2 is 0.927 bits per heavy atom. The minimum absolute atomic E-state index is 0.0549. The monoisotopic (exact) mass is 600 g/mol. The maximum atomic E-state index is 10.5. The molecule has 10 atom stereocenters. The van der Waals surface area contributed by atoms with E-state index in [4.69, 9.17) is 28.4 Å². The Balaban J connectivity index is 2.22. The summed E-state index contributed by atoms with van der Waals surface area (Å²) >= 11 is 0. The van der Waals surface area contributed by atoms with Gasteiger partial charge in [-0.3, -0.25) is 0 Å². The van der Waals surface area contributed by atoms with Gasteiger partial charge in [0.15, 0.2) is 12.6 Å². The average Bonchev–Trinajstić information content (AvgIpc) is 2.97. The highest BCUT2D eigenvalue weighted by Crippen LogP contribution is 2.29. The first-order valence-corrected chi connectivity index (χ1v) is 14.6. The highest BCUT2D eigenvalue weighted by molar-refractivity contribution is 4.91. The summed E-state index contributed by atoms with van der Waals surface area (Å²) in [5, 5.41) is 80.6. The molecule has 2 aliphatic heterocycles. The summed E-state index contributed by atoms with van der Waals surface area (Å²) in [5.74, 6) is 0. The van der Waals surface area contributed by atoms with Gasteiger partial charge in [0.25, 0.3) is 0 Å². The Morgan fingerprint density at radius 1 is 0.537 bits per heavy atom. The molecule has 2 fully saturated rings. The van der Waals surface area contributed by atoms with Crippen LogP contribution in [0.15, 0.2) is 0 Å². The molecule has 41 heavy (non-hydrogen) atoms. The van der Waals surface area contributed by atoms with Gasteiger partial charge < -0.3 is 69.3 Å². The normalized spacial score (nSPS) is 34.7. The number of aliphatic hydroxyl groups excluding tert-OH is 8. The first-order chi connectivity index (χ1) is 19.6. The van der Waals surface area contributed by atoms with Crippen molar-refractivity contribution in [2.45, 2.75) is 114 Å². The molecular formula is C27H52O14. The van der Waals surface area contributed by atoms with E-state index < -0.39 is 80.0 Å². The molecule has 2 aliphatic rings. The van der Waals surface area contributed by atoms with Crippen molar-refractivity contribution in [3.8, 4) is 0 Å². The summed E-state index contributed by atoms with van der Waals surface area (Å²) < 4.78 is 34.7. The van der Waals surface area contributed by atoms with Crippen LogP contribution in [0.4, 0.5) is 0 Å². The molecular weight excluding hydrogens is 548 g/mol. The Kier molecular flexibility index (Phi) is 16.9.